The zero-order valence-electron chi connectivity index (χ0n) is 17.2. The fourth-order valence-corrected chi connectivity index (χ4v) is 3.65. The summed E-state index contributed by atoms with van der Waals surface area (Å²) in [5.41, 5.74) is 1.14. The van der Waals surface area contributed by atoms with Crippen molar-refractivity contribution in [2.24, 2.45) is 0 Å². The summed E-state index contributed by atoms with van der Waals surface area (Å²) in [5.74, 6) is -0.686. The molecule has 0 unspecified atom stereocenters. The number of methoxy groups -OCH3 is 2. The second kappa shape index (κ2) is 8.72. The molecule has 4 rings (SSSR count). The number of carbonyl (C=O) groups is 2. The van der Waals surface area contributed by atoms with Crippen LogP contribution in [0.3, 0.4) is 0 Å². The van der Waals surface area contributed by atoms with Crippen molar-refractivity contribution in [1.29, 1.82) is 0 Å². The molecule has 1 heterocycles. The smallest absolute Gasteiger partial charge is 0.282 e. The molecule has 8 heteroatoms. The molecule has 0 saturated heterocycles. The van der Waals surface area contributed by atoms with E-state index in [1.54, 1.807) is 42.5 Å². The van der Waals surface area contributed by atoms with Crippen molar-refractivity contribution in [2.45, 2.75) is 0 Å². The minimum absolute atomic E-state index is 0.00748. The third kappa shape index (κ3) is 3.78. The predicted octanol–water partition coefficient (Wildman–Crippen LogP) is 4.89. The van der Waals surface area contributed by atoms with E-state index in [9.17, 15) is 14.0 Å². The summed E-state index contributed by atoms with van der Waals surface area (Å²) >= 11 is 6.27. The van der Waals surface area contributed by atoms with Crippen LogP contribution < -0.4 is 19.7 Å². The molecule has 0 aliphatic carbocycles. The first-order valence-corrected chi connectivity index (χ1v) is 9.95. The fraction of sp³-hybridized carbons (Fsp3) is 0.0833. The number of para-hydroxylation sites is 1. The highest BCUT2D eigenvalue weighted by atomic mass is 35.5. The number of hydrogen-bond donors (Lipinski definition) is 1. The summed E-state index contributed by atoms with van der Waals surface area (Å²) in [6.45, 7) is 0. The van der Waals surface area contributed by atoms with E-state index >= 15 is 0 Å². The maximum atomic E-state index is 13.5. The van der Waals surface area contributed by atoms with Crippen LogP contribution in [0.1, 0.15) is 5.56 Å². The van der Waals surface area contributed by atoms with Gasteiger partial charge in [-0.1, -0.05) is 35.9 Å². The van der Waals surface area contributed by atoms with Gasteiger partial charge in [0.15, 0.2) is 0 Å². The van der Waals surface area contributed by atoms with Gasteiger partial charge in [-0.15, -0.1) is 0 Å². The molecular formula is C24H18ClFN2O4. The van der Waals surface area contributed by atoms with Gasteiger partial charge in [-0.2, -0.15) is 0 Å². The highest BCUT2D eigenvalue weighted by molar-refractivity contribution is 6.48. The molecule has 1 N–H and O–H groups in total. The summed E-state index contributed by atoms with van der Waals surface area (Å²) in [7, 11) is 3.00. The fourth-order valence-electron chi connectivity index (χ4n) is 3.43. The Morgan fingerprint density at radius 1 is 0.906 bits per heavy atom. The minimum atomic E-state index is -0.604. The second-order valence-corrected chi connectivity index (χ2v) is 7.25. The Kier molecular flexibility index (Phi) is 5.83. The van der Waals surface area contributed by atoms with Gasteiger partial charge in [0, 0.05) is 6.07 Å². The number of hydrogen-bond acceptors (Lipinski definition) is 5. The van der Waals surface area contributed by atoms with E-state index in [0.717, 1.165) is 4.90 Å². The molecule has 0 aromatic heterocycles. The molecule has 6 nitrogen and oxygen atoms in total. The number of anilines is 2. The molecule has 0 fully saturated rings. The maximum absolute atomic E-state index is 13.5. The van der Waals surface area contributed by atoms with Crippen LogP contribution in [0.2, 0.25) is 5.02 Å². The number of benzene rings is 3. The monoisotopic (exact) mass is 452 g/mol. The SMILES string of the molecule is COc1ccc(OC)c(NC2=C(c3ccc(F)cc3)C(=O)N(c3ccccc3Cl)C2=O)c1. The van der Waals surface area contributed by atoms with Gasteiger partial charge in [-0.25, -0.2) is 9.29 Å². The van der Waals surface area contributed by atoms with Gasteiger partial charge >= 0.3 is 0 Å². The molecule has 0 spiro atoms. The van der Waals surface area contributed by atoms with Gasteiger partial charge in [-0.05, 0) is 42.0 Å². The molecule has 0 bridgehead atoms. The van der Waals surface area contributed by atoms with E-state index < -0.39 is 17.6 Å². The first-order valence-electron chi connectivity index (χ1n) is 9.57. The summed E-state index contributed by atoms with van der Waals surface area (Å²) < 4.78 is 24.2. The normalized spacial score (nSPS) is 13.6. The molecule has 0 saturated carbocycles. The molecule has 0 atom stereocenters. The first kappa shape index (κ1) is 21.4. The van der Waals surface area contributed by atoms with Crippen molar-refractivity contribution in [2.75, 3.05) is 24.4 Å². The van der Waals surface area contributed by atoms with Crippen molar-refractivity contribution in [3.05, 3.63) is 88.8 Å². The van der Waals surface area contributed by atoms with E-state index in [1.165, 1.54) is 38.5 Å². The van der Waals surface area contributed by atoms with E-state index in [-0.39, 0.29) is 22.0 Å². The molecular weight excluding hydrogens is 435 g/mol. The van der Waals surface area contributed by atoms with E-state index in [2.05, 4.69) is 5.32 Å². The van der Waals surface area contributed by atoms with Crippen LogP contribution in [0, 0.1) is 5.82 Å². The van der Waals surface area contributed by atoms with Crippen LogP contribution in [-0.4, -0.2) is 26.0 Å². The van der Waals surface area contributed by atoms with Crippen LogP contribution in [0.15, 0.2) is 72.4 Å². The van der Waals surface area contributed by atoms with Gasteiger partial charge in [0.25, 0.3) is 11.8 Å². The van der Waals surface area contributed by atoms with Crippen LogP contribution in [0.5, 0.6) is 11.5 Å². The largest absolute Gasteiger partial charge is 0.497 e. The molecule has 32 heavy (non-hydrogen) atoms. The molecule has 0 radical (unpaired) electrons. The Morgan fingerprint density at radius 3 is 2.28 bits per heavy atom. The average Bonchev–Trinajstić information content (AvgIpc) is 3.04. The van der Waals surface area contributed by atoms with Gasteiger partial charge in [-0.3, -0.25) is 9.59 Å². The summed E-state index contributed by atoms with van der Waals surface area (Å²) in [4.78, 5) is 27.9. The Balaban J connectivity index is 1.87. The van der Waals surface area contributed by atoms with Gasteiger partial charge in [0.1, 0.15) is 23.0 Å². The lowest BCUT2D eigenvalue weighted by Crippen LogP contribution is -2.32. The van der Waals surface area contributed by atoms with Crippen LogP contribution >= 0.6 is 11.6 Å². The zero-order chi connectivity index (χ0) is 22.8. The topological polar surface area (TPSA) is 67.9 Å². The standard InChI is InChI=1S/C24H18ClFN2O4/c1-31-16-11-12-20(32-2)18(13-16)27-22-21(14-7-9-15(26)10-8-14)23(29)28(24(22)30)19-6-4-3-5-17(19)25/h3-13,27H,1-2H3. The number of ether oxygens (including phenoxy) is 2. The van der Waals surface area contributed by atoms with Crippen LogP contribution in [-0.2, 0) is 9.59 Å². The number of amides is 2. The van der Waals surface area contributed by atoms with Gasteiger partial charge in [0.05, 0.1) is 36.2 Å². The van der Waals surface area contributed by atoms with Crippen molar-refractivity contribution >= 4 is 40.4 Å². The molecule has 1 aliphatic rings. The van der Waals surface area contributed by atoms with Gasteiger partial charge in [0.2, 0.25) is 0 Å². The Labute approximate surface area is 188 Å². The number of carbonyl (C=O) groups excluding carboxylic acids is 2. The highest BCUT2D eigenvalue weighted by Gasteiger charge is 2.41. The number of nitrogens with zero attached hydrogens (tertiary/aromatic N) is 1. The third-order valence-corrected chi connectivity index (χ3v) is 5.30. The summed E-state index contributed by atoms with van der Waals surface area (Å²) in [6, 6.07) is 16.9. The average molecular weight is 453 g/mol. The highest BCUT2D eigenvalue weighted by Crippen LogP contribution is 2.38. The maximum Gasteiger partial charge on any atom is 0.282 e. The molecule has 1 aliphatic heterocycles. The van der Waals surface area contributed by atoms with Crippen molar-refractivity contribution in [1.82, 2.24) is 0 Å². The number of halogens is 2. The third-order valence-electron chi connectivity index (χ3n) is 4.98. The summed E-state index contributed by atoms with van der Waals surface area (Å²) in [6.07, 6.45) is 0. The van der Waals surface area contributed by atoms with Crippen molar-refractivity contribution in [3.8, 4) is 11.5 Å². The molecule has 2 amide bonds. The summed E-state index contributed by atoms with van der Waals surface area (Å²) in [5, 5.41) is 3.27. The zero-order valence-corrected chi connectivity index (χ0v) is 17.9. The lowest BCUT2D eigenvalue weighted by atomic mass is 10.0. The second-order valence-electron chi connectivity index (χ2n) is 6.85. The first-order chi connectivity index (χ1) is 15.4. The lowest BCUT2D eigenvalue weighted by molar-refractivity contribution is -0.120. The van der Waals surface area contributed by atoms with E-state index in [4.69, 9.17) is 21.1 Å². The Morgan fingerprint density at radius 2 is 1.62 bits per heavy atom. The number of nitrogens with one attached hydrogen (secondary N) is 1. The predicted molar refractivity (Wildman–Crippen MR) is 120 cm³/mol. The molecule has 162 valence electrons. The van der Waals surface area contributed by atoms with E-state index in [1.807, 2.05) is 0 Å². The van der Waals surface area contributed by atoms with Crippen LogP contribution in [0.25, 0.3) is 5.57 Å². The minimum Gasteiger partial charge on any atom is -0.497 e. The van der Waals surface area contributed by atoms with E-state index in [0.29, 0.717) is 22.7 Å². The Bertz CT molecular complexity index is 1240. The number of imide groups is 1. The van der Waals surface area contributed by atoms with Crippen LogP contribution in [0.4, 0.5) is 15.8 Å². The molecule has 3 aromatic carbocycles. The van der Waals surface area contributed by atoms with Gasteiger partial charge < -0.3 is 14.8 Å². The lowest BCUT2D eigenvalue weighted by Gasteiger charge is -2.17. The Hall–Kier alpha value is -3.84. The quantitative estimate of drug-likeness (QED) is 0.539. The molecule has 3 aromatic rings. The van der Waals surface area contributed by atoms with Crippen molar-refractivity contribution < 1.29 is 23.5 Å². The van der Waals surface area contributed by atoms with Crippen molar-refractivity contribution in [3.63, 3.8) is 0 Å². The number of rotatable bonds is 6.